The lowest BCUT2D eigenvalue weighted by Crippen LogP contribution is -2.56. The molecule has 1 saturated heterocycles. The zero-order valence-corrected chi connectivity index (χ0v) is 10.1. The van der Waals surface area contributed by atoms with Gasteiger partial charge in [-0.15, -0.1) is 0 Å². The van der Waals surface area contributed by atoms with E-state index in [0.29, 0.717) is 11.7 Å². The molecule has 5 nitrogen and oxygen atoms in total. The van der Waals surface area contributed by atoms with E-state index in [2.05, 4.69) is 10.3 Å². The Balaban J connectivity index is 2.12. The molecular formula is C11H12ClN3O2. The normalized spacial score (nSPS) is 21.4. The van der Waals surface area contributed by atoms with Gasteiger partial charge in [0.15, 0.2) is 0 Å². The Morgan fingerprint density at radius 1 is 1.59 bits per heavy atom. The van der Waals surface area contributed by atoms with Crippen LogP contribution in [0.5, 0.6) is 0 Å². The van der Waals surface area contributed by atoms with E-state index < -0.39 is 0 Å². The maximum atomic E-state index is 11.5. The highest BCUT2D eigenvalue weighted by Crippen LogP contribution is 2.13. The van der Waals surface area contributed by atoms with Gasteiger partial charge in [0.1, 0.15) is 5.15 Å². The fourth-order valence-corrected chi connectivity index (χ4v) is 1.93. The molecule has 90 valence electrons. The summed E-state index contributed by atoms with van der Waals surface area (Å²) in [5.41, 5.74) is 0.930. The van der Waals surface area contributed by atoms with Gasteiger partial charge >= 0.3 is 0 Å². The molecule has 0 aliphatic carbocycles. The van der Waals surface area contributed by atoms with Gasteiger partial charge in [0.05, 0.1) is 12.6 Å². The Labute approximate surface area is 104 Å². The molecule has 17 heavy (non-hydrogen) atoms. The topological polar surface area (TPSA) is 62.3 Å². The number of hydrogen-bond acceptors (Lipinski definition) is 4. The zero-order valence-electron chi connectivity index (χ0n) is 9.31. The lowest BCUT2D eigenvalue weighted by molar-refractivity contribution is -0.139. The van der Waals surface area contributed by atoms with Crippen LogP contribution < -0.4 is 5.32 Å². The van der Waals surface area contributed by atoms with Crippen LogP contribution in [-0.2, 0) is 16.1 Å². The quantitative estimate of drug-likeness (QED) is 0.619. The summed E-state index contributed by atoms with van der Waals surface area (Å²) in [6, 6.07) is 3.22. The molecule has 0 radical (unpaired) electrons. The Morgan fingerprint density at radius 3 is 3.06 bits per heavy atom. The molecular weight excluding hydrogens is 242 g/mol. The standard InChI is InChI=1S/C11H12ClN3O2/c1-7-11(17)14-10(16)6-15(7)5-8-2-3-13-9(12)4-8/h2-4,7H,5-6H2,1H3,(H,14,16,17). The van der Waals surface area contributed by atoms with Crippen LogP contribution in [0.3, 0.4) is 0 Å². The molecule has 1 aliphatic heterocycles. The van der Waals surface area contributed by atoms with E-state index >= 15 is 0 Å². The van der Waals surface area contributed by atoms with Gasteiger partial charge in [-0.3, -0.25) is 19.8 Å². The second-order valence-electron chi connectivity index (χ2n) is 3.98. The first-order valence-electron chi connectivity index (χ1n) is 5.24. The van der Waals surface area contributed by atoms with Gasteiger partial charge in [-0.1, -0.05) is 11.6 Å². The second kappa shape index (κ2) is 4.81. The summed E-state index contributed by atoms with van der Waals surface area (Å²) in [5, 5.41) is 2.70. The number of hydrogen-bond donors (Lipinski definition) is 1. The molecule has 0 spiro atoms. The summed E-state index contributed by atoms with van der Waals surface area (Å²) in [4.78, 5) is 28.4. The van der Waals surface area contributed by atoms with Crippen LogP contribution >= 0.6 is 11.6 Å². The minimum Gasteiger partial charge on any atom is -0.294 e. The zero-order chi connectivity index (χ0) is 12.4. The molecule has 0 saturated carbocycles. The summed E-state index contributed by atoms with van der Waals surface area (Å²) >= 11 is 5.78. The van der Waals surface area contributed by atoms with E-state index in [9.17, 15) is 9.59 Å². The van der Waals surface area contributed by atoms with Crippen molar-refractivity contribution in [2.75, 3.05) is 6.54 Å². The molecule has 1 aromatic rings. The van der Waals surface area contributed by atoms with E-state index in [1.54, 1.807) is 24.1 Å². The number of imide groups is 1. The first kappa shape index (κ1) is 12.0. The predicted molar refractivity (Wildman–Crippen MR) is 62.3 cm³/mol. The SMILES string of the molecule is CC1C(=O)NC(=O)CN1Cc1ccnc(Cl)c1. The number of carbonyl (C=O) groups excluding carboxylic acids is 2. The third kappa shape index (κ3) is 2.81. The number of nitrogens with zero attached hydrogens (tertiary/aromatic N) is 2. The maximum absolute atomic E-state index is 11.5. The van der Waals surface area contributed by atoms with E-state index in [0.717, 1.165) is 5.56 Å². The van der Waals surface area contributed by atoms with Crippen molar-refractivity contribution in [2.45, 2.75) is 19.5 Å². The summed E-state index contributed by atoms with van der Waals surface area (Å²) in [5.74, 6) is -0.533. The van der Waals surface area contributed by atoms with Crippen LogP contribution in [0.2, 0.25) is 5.15 Å². The lowest BCUT2D eigenvalue weighted by Gasteiger charge is -2.31. The third-order valence-electron chi connectivity index (χ3n) is 2.71. The highest BCUT2D eigenvalue weighted by molar-refractivity contribution is 6.29. The molecule has 1 unspecified atom stereocenters. The Bertz CT molecular complexity index is 464. The number of amides is 2. The van der Waals surface area contributed by atoms with Gasteiger partial charge in [-0.2, -0.15) is 0 Å². The van der Waals surface area contributed by atoms with E-state index in [-0.39, 0.29) is 24.4 Å². The van der Waals surface area contributed by atoms with E-state index in [1.165, 1.54) is 0 Å². The molecule has 2 amide bonds. The van der Waals surface area contributed by atoms with Crippen LogP contribution in [-0.4, -0.2) is 34.3 Å². The second-order valence-corrected chi connectivity index (χ2v) is 4.37. The third-order valence-corrected chi connectivity index (χ3v) is 2.92. The maximum Gasteiger partial charge on any atom is 0.243 e. The molecule has 2 heterocycles. The minimum absolute atomic E-state index is 0.215. The van der Waals surface area contributed by atoms with Gasteiger partial charge in [-0.05, 0) is 24.6 Å². The molecule has 1 N–H and O–H groups in total. The first-order chi connectivity index (χ1) is 8.06. The summed E-state index contributed by atoms with van der Waals surface area (Å²) < 4.78 is 0. The Kier molecular flexibility index (Phi) is 3.40. The number of carbonyl (C=O) groups is 2. The van der Waals surface area contributed by atoms with Crippen LogP contribution in [0, 0.1) is 0 Å². The molecule has 1 aliphatic rings. The molecule has 6 heteroatoms. The van der Waals surface area contributed by atoms with Gasteiger partial charge in [-0.25, -0.2) is 4.98 Å². The predicted octanol–water partition coefficient (Wildman–Crippen LogP) is 0.582. The summed E-state index contributed by atoms with van der Waals surface area (Å²) in [6.07, 6.45) is 1.61. The van der Waals surface area contributed by atoms with Crippen molar-refractivity contribution in [1.29, 1.82) is 0 Å². The monoisotopic (exact) mass is 253 g/mol. The summed E-state index contributed by atoms with van der Waals surface area (Å²) in [6.45, 7) is 2.49. The molecule has 0 bridgehead atoms. The van der Waals surface area contributed by atoms with Crippen molar-refractivity contribution < 1.29 is 9.59 Å². The van der Waals surface area contributed by atoms with Crippen molar-refractivity contribution >= 4 is 23.4 Å². The van der Waals surface area contributed by atoms with E-state index in [1.807, 2.05) is 6.07 Å². The van der Waals surface area contributed by atoms with Crippen molar-refractivity contribution in [3.63, 3.8) is 0 Å². The molecule has 1 atom stereocenters. The molecule has 2 rings (SSSR count). The minimum atomic E-state index is -0.320. The molecule has 1 aromatic heterocycles. The van der Waals surface area contributed by atoms with Gasteiger partial charge in [0, 0.05) is 12.7 Å². The fourth-order valence-electron chi connectivity index (χ4n) is 1.74. The Hall–Kier alpha value is -1.46. The highest BCUT2D eigenvalue weighted by Gasteiger charge is 2.29. The number of nitrogens with one attached hydrogen (secondary N) is 1. The molecule has 1 fully saturated rings. The van der Waals surface area contributed by atoms with Crippen molar-refractivity contribution in [2.24, 2.45) is 0 Å². The van der Waals surface area contributed by atoms with Crippen LogP contribution in [0.1, 0.15) is 12.5 Å². The average molecular weight is 254 g/mol. The molecule has 0 aromatic carbocycles. The number of aromatic nitrogens is 1. The van der Waals surface area contributed by atoms with Crippen molar-refractivity contribution in [3.8, 4) is 0 Å². The lowest BCUT2D eigenvalue weighted by atomic mass is 10.1. The van der Waals surface area contributed by atoms with Crippen molar-refractivity contribution in [1.82, 2.24) is 15.2 Å². The highest BCUT2D eigenvalue weighted by atomic mass is 35.5. The smallest absolute Gasteiger partial charge is 0.243 e. The van der Waals surface area contributed by atoms with Crippen molar-refractivity contribution in [3.05, 3.63) is 29.0 Å². The van der Waals surface area contributed by atoms with Crippen LogP contribution in [0.15, 0.2) is 18.3 Å². The average Bonchev–Trinajstić information content (AvgIpc) is 2.25. The number of piperazine rings is 1. The number of pyridine rings is 1. The van der Waals surface area contributed by atoms with Gasteiger partial charge in [0.2, 0.25) is 11.8 Å². The number of halogens is 1. The number of rotatable bonds is 2. The largest absolute Gasteiger partial charge is 0.294 e. The van der Waals surface area contributed by atoms with Crippen LogP contribution in [0.25, 0.3) is 0 Å². The fraction of sp³-hybridized carbons (Fsp3) is 0.364. The summed E-state index contributed by atoms with van der Waals surface area (Å²) in [7, 11) is 0. The van der Waals surface area contributed by atoms with E-state index in [4.69, 9.17) is 11.6 Å². The first-order valence-corrected chi connectivity index (χ1v) is 5.62. The van der Waals surface area contributed by atoms with Crippen LogP contribution in [0.4, 0.5) is 0 Å². The van der Waals surface area contributed by atoms with Gasteiger partial charge < -0.3 is 0 Å². The van der Waals surface area contributed by atoms with Gasteiger partial charge in [0.25, 0.3) is 0 Å². The Morgan fingerprint density at radius 2 is 2.35 bits per heavy atom.